The first-order valence-corrected chi connectivity index (χ1v) is 13.5. The zero-order valence-corrected chi connectivity index (χ0v) is 22.0. The quantitative estimate of drug-likeness (QED) is 0.497. The Morgan fingerprint density at radius 1 is 1.09 bits per heavy atom. The average Bonchev–Trinajstić information content (AvgIpc) is 2.78. The predicted octanol–water partition coefficient (Wildman–Crippen LogP) is 4.06. The third kappa shape index (κ3) is 6.96. The van der Waals surface area contributed by atoms with Gasteiger partial charge in [0.25, 0.3) is 0 Å². The lowest BCUT2D eigenvalue weighted by Gasteiger charge is -2.31. The van der Waals surface area contributed by atoms with Crippen molar-refractivity contribution in [1.29, 1.82) is 0 Å². The van der Waals surface area contributed by atoms with Crippen LogP contribution in [0.3, 0.4) is 0 Å². The minimum absolute atomic E-state index is 0.102. The van der Waals surface area contributed by atoms with Crippen LogP contribution in [0.5, 0.6) is 0 Å². The average molecular weight is 508 g/mol. The molecule has 34 heavy (non-hydrogen) atoms. The smallest absolute Gasteiger partial charge is 0.242 e. The molecule has 2 aromatic carbocycles. The van der Waals surface area contributed by atoms with Gasteiger partial charge in [0.05, 0.1) is 11.9 Å². The van der Waals surface area contributed by atoms with Crippen molar-refractivity contribution >= 4 is 39.1 Å². The minimum atomic E-state index is -3.58. The first kappa shape index (κ1) is 27.7. The normalized spacial score (nSPS) is 12.2. The van der Waals surface area contributed by atoms with Gasteiger partial charge in [-0.05, 0) is 55.5 Å². The van der Waals surface area contributed by atoms with Crippen molar-refractivity contribution in [2.75, 3.05) is 24.2 Å². The Morgan fingerprint density at radius 2 is 1.76 bits per heavy atom. The van der Waals surface area contributed by atoms with Crippen LogP contribution in [0.15, 0.2) is 42.5 Å². The lowest BCUT2D eigenvalue weighted by atomic mass is 10.1. The molecule has 186 valence electrons. The molecule has 0 unspecified atom stereocenters. The van der Waals surface area contributed by atoms with E-state index < -0.39 is 16.1 Å². The van der Waals surface area contributed by atoms with E-state index in [0.29, 0.717) is 35.7 Å². The Kier molecular flexibility index (Phi) is 9.94. The molecule has 9 heteroatoms. The third-order valence-electron chi connectivity index (χ3n) is 5.89. The lowest BCUT2D eigenvalue weighted by Crippen LogP contribution is -2.48. The van der Waals surface area contributed by atoms with Crippen molar-refractivity contribution < 1.29 is 18.0 Å². The van der Waals surface area contributed by atoms with Crippen LogP contribution < -0.4 is 9.62 Å². The van der Waals surface area contributed by atoms with E-state index in [1.807, 2.05) is 38.1 Å². The summed E-state index contributed by atoms with van der Waals surface area (Å²) in [6, 6.07) is 12.2. The van der Waals surface area contributed by atoms with Gasteiger partial charge in [-0.2, -0.15) is 0 Å². The second kappa shape index (κ2) is 12.2. The van der Waals surface area contributed by atoms with Crippen LogP contribution in [0.25, 0.3) is 0 Å². The Balaban J connectivity index is 2.24. The number of nitrogens with zero attached hydrogens (tertiary/aromatic N) is 2. The highest BCUT2D eigenvalue weighted by Gasteiger charge is 2.28. The first-order valence-electron chi connectivity index (χ1n) is 11.3. The van der Waals surface area contributed by atoms with Gasteiger partial charge in [-0.1, -0.05) is 48.9 Å². The molecule has 2 aromatic rings. The van der Waals surface area contributed by atoms with Crippen molar-refractivity contribution in [3.05, 3.63) is 64.2 Å². The van der Waals surface area contributed by atoms with E-state index in [0.717, 1.165) is 17.4 Å². The predicted molar refractivity (Wildman–Crippen MR) is 137 cm³/mol. The standard InChI is InChI=1S/C25H34ClN3O4S/c1-6-22(25(31)27-4)28(17-20-12-8-7-11-18(20)2)24(30)15-10-16-29(34(5,32)33)23-14-9-13-21(26)19(23)3/h7-9,11-14,22H,6,10,15-17H2,1-5H3,(H,27,31)/t22-/m1/s1. The maximum atomic E-state index is 13.3. The lowest BCUT2D eigenvalue weighted by molar-refractivity contribution is -0.141. The van der Waals surface area contributed by atoms with E-state index >= 15 is 0 Å². The van der Waals surface area contributed by atoms with Crippen LogP contribution in [0, 0.1) is 13.8 Å². The second-order valence-corrected chi connectivity index (χ2v) is 10.6. The van der Waals surface area contributed by atoms with Crippen LogP contribution in [0.1, 0.15) is 42.9 Å². The number of sulfonamides is 1. The Bertz CT molecular complexity index is 1120. The molecular weight excluding hydrogens is 474 g/mol. The summed E-state index contributed by atoms with van der Waals surface area (Å²) in [6.07, 6.45) is 2.00. The van der Waals surface area contributed by atoms with Gasteiger partial charge in [-0.15, -0.1) is 0 Å². The number of nitrogens with one attached hydrogen (secondary N) is 1. The number of rotatable bonds is 11. The fourth-order valence-corrected chi connectivity index (χ4v) is 5.09. The summed E-state index contributed by atoms with van der Waals surface area (Å²) >= 11 is 6.20. The molecule has 0 radical (unpaired) electrons. The molecule has 0 aliphatic heterocycles. The highest BCUT2D eigenvalue weighted by molar-refractivity contribution is 7.92. The number of carbonyl (C=O) groups excluding carboxylic acids is 2. The maximum Gasteiger partial charge on any atom is 0.242 e. The summed E-state index contributed by atoms with van der Waals surface area (Å²) in [5.74, 6) is -0.424. The molecule has 0 bridgehead atoms. The monoisotopic (exact) mass is 507 g/mol. The zero-order valence-electron chi connectivity index (χ0n) is 20.5. The number of aryl methyl sites for hydroxylation is 1. The summed E-state index contributed by atoms with van der Waals surface area (Å²) in [7, 11) is -2.03. The Morgan fingerprint density at radius 3 is 2.35 bits per heavy atom. The van der Waals surface area contributed by atoms with Gasteiger partial charge in [-0.25, -0.2) is 8.42 Å². The van der Waals surface area contributed by atoms with E-state index in [-0.39, 0.29) is 24.8 Å². The molecule has 1 atom stereocenters. The van der Waals surface area contributed by atoms with Crippen LogP contribution >= 0.6 is 11.6 Å². The van der Waals surface area contributed by atoms with Crippen LogP contribution in [0.4, 0.5) is 5.69 Å². The maximum absolute atomic E-state index is 13.3. The Labute approximate surface area is 208 Å². The molecule has 0 saturated carbocycles. The molecule has 2 amide bonds. The topological polar surface area (TPSA) is 86.8 Å². The van der Waals surface area contributed by atoms with E-state index in [4.69, 9.17) is 11.6 Å². The molecule has 0 saturated heterocycles. The second-order valence-electron chi connectivity index (χ2n) is 8.31. The number of benzene rings is 2. The molecule has 7 nitrogen and oxygen atoms in total. The SMILES string of the molecule is CC[C@H](C(=O)NC)N(Cc1ccccc1C)C(=O)CCCN(c1cccc(Cl)c1C)S(C)(=O)=O. The van der Waals surface area contributed by atoms with Gasteiger partial charge in [-0.3, -0.25) is 13.9 Å². The number of amides is 2. The van der Waals surface area contributed by atoms with Crippen molar-refractivity contribution in [3.63, 3.8) is 0 Å². The van der Waals surface area contributed by atoms with Gasteiger partial charge >= 0.3 is 0 Å². The van der Waals surface area contributed by atoms with Crippen molar-refractivity contribution in [2.45, 2.75) is 52.6 Å². The summed E-state index contributed by atoms with van der Waals surface area (Å²) < 4.78 is 26.3. The fraction of sp³-hybridized carbons (Fsp3) is 0.440. The zero-order chi connectivity index (χ0) is 25.5. The van der Waals surface area contributed by atoms with Crippen LogP contribution in [-0.4, -0.2) is 51.0 Å². The molecule has 2 rings (SSSR count). The summed E-state index contributed by atoms with van der Waals surface area (Å²) in [4.78, 5) is 27.4. The first-order chi connectivity index (χ1) is 16.0. The molecule has 0 aliphatic carbocycles. The van der Waals surface area contributed by atoms with Crippen molar-refractivity contribution in [2.24, 2.45) is 0 Å². The van der Waals surface area contributed by atoms with Gasteiger partial charge in [0.1, 0.15) is 6.04 Å². The summed E-state index contributed by atoms with van der Waals surface area (Å²) in [5, 5.41) is 3.12. The molecular formula is C25H34ClN3O4S. The largest absolute Gasteiger partial charge is 0.357 e. The third-order valence-corrected chi connectivity index (χ3v) is 7.48. The molecule has 1 N–H and O–H groups in total. The van der Waals surface area contributed by atoms with E-state index in [2.05, 4.69) is 5.32 Å². The van der Waals surface area contributed by atoms with E-state index in [9.17, 15) is 18.0 Å². The number of hydrogen-bond acceptors (Lipinski definition) is 4. The Hall–Kier alpha value is -2.58. The van der Waals surface area contributed by atoms with Gasteiger partial charge in [0, 0.05) is 31.6 Å². The minimum Gasteiger partial charge on any atom is -0.357 e. The fourth-order valence-electron chi connectivity index (χ4n) is 3.91. The molecule has 0 spiro atoms. The van der Waals surface area contributed by atoms with E-state index in [1.54, 1.807) is 37.1 Å². The molecule has 0 aromatic heterocycles. The van der Waals surface area contributed by atoms with E-state index in [1.165, 1.54) is 4.31 Å². The number of hydrogen-bond donors (Lipinski definition) is 1. The molecule has 0 heterocycles. The van der Waals surface area contributed by atoms with Crippen molar-refractivity contribution in [1.82, 2.24) is 10.2 Å². The number of anilines is 1. The summed E-state index contributed by atoms with van der Waals surface area (Å²) in [5.41, 5.74) is 3.15. The van der Waals surface area contributed by atoms with Crippen LogP contribution in [0.2, 0.25) is 5.02 Å². The highest BCUT2D eigenvalue weighted by Crippen LogP contribution is 2.28. The molecule has 0 fully saturated rings. The van der Waals surface area contributed by atoms with Gasteiger partial charge in [0.2, 0.25) is 21.8 Å². The number of likely N-dealkylation sites (N-methyl/N-ethyl adjacent to an activating group) is 1. The van der Waals surface area contributed by atoms with Crippen LogP contribution in [-0.2, 0) is 26.2 Å². The number of halogens is 1. The summed E-state index contributed by atoms with van der Waals surface area (Å²) in [6.45, 7) is 6.03. The van der Waals surface area contributed by atoms with Gasteiger partial charge < -0.3 is 10.2 Å². The van der Waals surface area contributed by atoms with Crippen molar-refractivity contribution in [3.8, 4) is 0 Å². The number of carbonyl (C=O) groups is 2. The highest BCUT2D eigenvalue weighted by atomic mass is 35.5. The molecule has 0 aliphatic rings. The van der Waals surface area contributed by atoms with Gasteiger partial charge in [0.15, 0.2) is 0 Å².